The predicted octanol–water partition coefficient (Wildman–Crippen LogP) is 1.82. The first-order valence-corrected chi connectivity index (χ1v) is 9.45. The van der Waals surface area contributed by atoms with Gasteiger partial charge in [-0.15, -0.1) is 0 Å². The minimum absolute atomic E-state index is 0.0689. The molecule has 1 fully saturated rings. The monoisotopic (exact) mass is 378 g/mol. The van der Waals surface area contributed by atoms with Crippen LogP contribution in [0.4, 0.5) is 0 Å². The lowest BCUT2D eigenvalue weighted by Gasteiger charge is -2.24. The number of nitrogens with one attached hydrogen (secondary N) is 3. The molecule has 3 heterocycles. The SMILES string of the molecule is O=C(NC(Cc1c[nH]c2ccccc12)C(=O)N1CCCC1)c1ccc(=O)[nH]c1. The minimum Gasteiger partial charge on any atom is -0.361 e. The Morgan fingerprint density at radius 1 is 1.04 bits per heavy atom. The number of para-hydroxylation sites is 1. The Morgan fingerprint density at radius 2 is 1.82 bits per heavy atom. The second kappa shape index (κ2) is 7.72. The molecule has 0 aliphatic carbocycles. The van der Waals surface area contributed by atoms with E-state index in [-0.39, 0.29) is 17.4 Å². The molecule has 1 unspecified atom stereocenters. The topological polar surface area (TPSA) is 98.1 Å². The van der Waals surface area contributed by atoms with Gasteiger partial charge in [0.2, 0.25) is 11.5 Å². The van der Waals surface area contributed by atoms with Gasteiger partial charge in [0, 0.05) is 48.9 Å². The second-order valence-corrected chi connectivity index (χ2v) is 7.06. The van der Waals surface area contributed by atoms with Crippen LogP contribution in [0, 0.1) is 0 Å². The number of pyridine rings is 1. The number of amides is 2. The fraction of sp³-hybridized carbons (Fsp3) is 0.286. The molecule has 1 saturated heterocycles. The average Bonchev–Trinajstić information content (AvgIpc) is 3.38. The second-order valence-electron chi connectivity index (χ2n) is 7.06. The van der Waals surface area contributed by atoms with Crippen LogP contribution in [0.25, 0.3) is 10.9 Å². The number of carbonyl (C=O) groups excluding carboxylic acids is 2. The largest absolute Gasteiger partial charge is 0.361 e. The molecule has 3 N–H and O–H groups in total. The maximum atomic E-state index is 13.1. The number of fused-ring (bicyclic) bond motifs is 1. The van der Waals surface area contributed by atoms with E-state index < -0.39 is 6.04 Å². The summed E-state index contributed by atoms with van der Waals surface area (Å²) in [5.74, 6) is -0.450. The summed E-state index contributed by atoms with van der Waals surface area (Å²) in [5.41, 5.74) is 2.02. The van der Waals surface area contributed by atoms with Crippen LogP contribution in [0.1, 0.15) is 28.8 Å². The molecule has 1 atom stereocenters. The van der Waals surface area contributed by atoms with Gasteiger partial charge in [-0.2, -0.15) is 0 Å². The Hall–Kier alpha value is -3.35. The van der Waals surface area contributed by atoms with Crippen LogP contribution in [-0.2, 0) is 11.2 Å². The molecule has 2 aromatic heterocycles. The first-order valence-electron chi connectivity index (χ1n) is 9.45. The van der Waals surface area contributed by atoms with E-state index in [4.69, 9.17) is 0 Å². The summed E-state index contributed by atoms with van der Waals surface area (Å²) >= 11 is 0. The van der Waals surface area contributed by atoms with Crippen molar-refractivity contribution < 1.29 is 9.59 Å². The molecule has 1 aromatic carbocycles. The van der Waals surface area contributed by atoms with Crippen molar-refractivity contribution in [1.29, 1.82) is 0 Å². The Morgan fingerprint density at radius 3 is 2.57 bits per heavy atom. The van der Waals surface area contributed by atoms with Gasteiger partial charge in [-0.05, 0) is 30.5 Å². The van der Waals surface area contributed by atoms with Gasteiger partial charge in [-0.3, -0.25) is 14.4 Å². The number of aromatic nitrogens is 2. The lowest BCUT2D eigenvalue weighted by molar-refractivity contribution is -0.132. The van der Waals surface area contributed by atoms with Crippen molar-refractivity contribution in [3.05, 3.63) is 70.3 Å². The van der Waals surface area contributed by atoms with Gasteiger partial charge in [0.05, 0.1) is 5.56 Å². The van der Waals surface area contributed by atoms with Gasteiger partial charge < -0.3 is 20.2 Å². The van der Waals surface area contributed by atoms with Gasteiger partial charge in [0.1, 0.15) is 6.04 Å². The Labute approximate surface area is 161 Å². The fourth-order valence-electron chi connectivity index (χ4n) is 3.67. The van der Waals surface area contributed by atoms with Gasteiger partial charge in [0.15, 0.2) is 0 Å². The Balaban J connectivity index is 1.59. The maximum Gasteiger partial charge on any atom is 0.253 e. The number of rotatable bonds is 5. The molecule has 0 radical (unpaired) electrons. The minimum atomic E-state index is -0.670. The number of H-pyrrole nitrogens is 2. The molecular weight excluding hydrogens is 356 g/mol. The number of hydrogen-bond donors (Lipinski definition) is 3. The third-order valence-electron chi connectivity index (χ3n) is 5.17. The van der Waals surface area contributed by atoms with Crippen LogP contribution >= 0.6 is 0 Å². The van der Waals surface area contributed by atoms with Crippen molar-refractivity contribution in [3.63, 3.8) is 0 Å². The molecule has 144 valence electrons. The summed E-state index contributed by atoms with van der Waals surface area (Å²) in [6.45, 7) is 1.44. The molecule has 2 amide bonds. The van der Waals surface area contributed by atoms with Gasteiger partial charge >= 0.3 is 0 Å². The van der Waals surface area contributed by atoms with E-state index in [1.54, 1.807) is 0 Å². The molecular formula is C21H22N4O3. The van der Waals surface area contributed by atoms with E-state index >= 15 is 0 Å². The zero-order valence-corrected chi connectivity index (χ0v) is 15.4. The van der Waals surface area contributed by atoms with Crippen molar-refractivity contribution >= 4 is 22.7 Å². The van der Waals surface area contributed by atoms with E-state index in [0.717, 1.165) is 42.4 Å². The van der Waals surface area contributed by atoms with Crippen LogP contribution in [0.2, 0.25) is 0 Å². The number of aromatic amines is 2. The summed E-state index contributed by atoms with van der Waals surface area (Å²) in [7, 11) is 0. The lowest BCUT2D eigenvalue weighted by atomic mass is 10.0. The van der Waals surface area contributed by atoms with Gasteiger partial charge in [-0.1, -0.05) is 18.2 Å². The number of benzene rings is 1. The number of carbonyl (C=O) groups is 2. The van der Waals surface area contributed by atoms with Crippen molar-refractivity contribution in [3.8, 4) is 0 Å². The lowest BCUT2D eigenvalue weighted by Crippen LogP contribution is -2.49. The highest BCUT2D eigenvalue weighted by Gasteiger charge is 2.29. The molecule has 0 saturated carbocycles. The van der Waals surface area contributed by atoms with Crippen LogP contribution in [0.3, 0.4) is 0 Å². The van der Waals surface area contributed by atoms with Crippen LogP contribution in [0.15, 0.2) is 53.6 Å². The summed E-state index contributed by atoms with van der Waals surface area (Å²) in [5, 5.41) is 3.91. The van der Waals surface area contributed by atoms with Crippen molar-refractivity contribution in [2.75, 3.05) is 13.1 Å². The van der Waals surface area contributed by atoms with Crippen LogP contribution in [-0.4, -0.2) is 45.8 Å². The summed E-state index contributed by atoms with van der Waals surface area (Å²) in [4.78, 5) is 44.5. The number of hydrogen-bond acceptors (Lipinski definition) is 3. The highest BCUT2D eigenvalue weighted by atomic mass is 16.2. The smallest absolute Gasteiger partial charge is 0.253 e. The standard InChI is InChI=1S/C21H22N4O3/c26-19-8-7-14(12-23-19)20(27)24-18(21(28)25-9-3-4-10-25)11-15-13-22-17-6-2-1-5-16(15)17/h1-2,5-8,12-13,18,22H,3-4,9-11H2,(H,23,26)(H,24,27). The third-order valence-corrected chi connectivity index (χ3v) is 5.17. The molecule has 3 aromatic rings. The summed E-state index contributed by atoms with van der Waals surface area (Å²) in [6.07, 6.45) is 5.62. The van der Waals surface area contributed by atoms with Crippen LogP contribution < -0.4 is 10.9 Å². The summed E-state index contributed by atoms with van der Waals surface area (Å²) < 4.78 is 0. The number of nitrogens with zero attached hydrogens (tertiary/aromatic N) is 1. The maximum absolute atomic E-state index is 13.1. The van der Waals surface area contributed by atoms with E-state index in [9.17, 15) is 14.4 Å². The predicted molar refractivity (Wildman–Crippen MR) is 106 cm³/mol. The van der Waals surface area contributed by atoms with Crippen molar-refractivity contribution in [2.45, 2.75) is 25.3 Å². The van der Waals surface area contributed by atoms with E-state index in [1.165, 1.54) is 18.3 Å². The fourth-order valence-corrected chi connectivity index (χ4v) is 3.67. The van der Waals surface area contributed by atoms with Crippen molar-refractivity contribution in [2.24, 2.45) is 0 Å². The quantitative estimate of drug-likeness (QED) is 0.632. The van der Waals surface area contributed by atoms with E-state index in [2.05, 4.69) is 15.3 Å². The van der Waals surface area contributed by atoms with E-state index in [0.29, 0.717) is 12.0 Å². The molecule has 0 bridgehead atoms. The van der Waals surface area contributed by atoms with Gasteiger partial charge in [-0.25, -0.2) is 0 Å². The zero-order chi connectivity index (χ0) is 19.5. The van der Waals surface area contributed by atoms with E-state index in [1.807, 2.05) is 35.4 Å². The van der Waals surface area contributed by atoms with Crippen LogP contribution in [0.5, 0.6) is 0 Å². The summed E-state index contributed by atoms with van der Waals surface area (Å²) in [6, 6.07) is 9.97. The molecule has 0 spiro atoms. The normalized spacial score (nSPS) is 14.9. The third kappa shape index (κ3) is 3.69. The molecule has 28 heavy (non-hydrogen) atoms. The first-order chi connectivity index (χ1) is 13.6. The molecule has 1 aliphatic rings. The average molecular weight is 378 g/mol. The highest BCUT2D eigenvalue weighted by molar-refractivity contribution is 5.97. The molecule has 7 nitrogen and oxygen atoms in total. The molecule has 4 rings (SSSR count). The Bertz CT molecular complexity index is 1040. The Kier molecular flexibility index (Phi) is 4.97. The highest BCUT2D eigenvalue weighted by Crippen LogP contribution is 2.20. The van der Waals surface area contributed by atoms with Gasteiger partial charge in [0.25, 0.3) is 5.91 Å². The number of likely N-dealkylation sites (tertiary alicyclic amines) is 1. The zero-order valence-electron chi connectivity index (χ0n) is 15.4. The first kappa shape index (κ1) is 18.0. The molecule has 1 aliphatic heterocycles. The van der Waals surface area contributed by atoms with Crippen molar-refractivity contribution in [1.82, 2.24) is 20.2 Å². The molecule has 7 heteroatoms.